The lowest BCUT2D eigenvalue weighted by atomic mass is 10.2. The van der Waals surface area contributed by atoms with Crippen LogP contribution in [0.15, 0.2) is 0 Å². The Balaban J connectivity index is 2.26. The van der Waals surface area contributed by atoms with Crippen molar-refractivity contribution in [2.45, 2.75) is 6.92 Å². The average Bonchev–Trinajstić information content (AvgIpc) is 2.63. The number of hydrogen-bond acceptors (Lipinski definition) is 5. The highest BCUT2D eigenvalue weighted by Gasteiger charge is 2.27. The molecule has 0 saturated carbocycles. The van der Waals surface area contributed by atoms with Crippen molar-refractivity contribution in [3.8, 4) is 0 Å². The monoisotopic (exact) mass is 317 g/mol. The number of sulfonamides is 1. The molecule has 2 N–H and O–H groups in total. The highest BCUT2D eigenvalue weighted by Crippen LogP contribution is 2.24. The van der Waals surface area contributed by atoms with Gasteiger partial charge < -0.3 is 10.6 Å². The number of hydrogen-bond donors (Lipinski definition) is 1. The topological polar surface area (TPSA) is 84.5 Å². The zero-order valence-corrected chi connectivity index (χ0v) is 13.5. The number of nitrogens with two attached hydrogens (primary N) is 1. The Morgan fingerprint density at radius 3 is 2.30 bits per heavy atom. The SMILES string of the molecule is Cc1nn(C)c(N2CCN(S(C)(=O)=O)CC2)c1C(N)=S. The number of piperazine rings is 1. The second kappa shape index (κ2) is 5.30. The summed E-state index contributed by atoms with van der Waals surface area (Å²) in [5, 5.41) is 4.35. The zero-order chi connectivity index (χ0) is 15.1. The molecule has 1 aromatic heterocycles. The van der Waals surface area contributed by atoms with Gasteiger partial charge >= 0.3 is 0 Å². The molecule has 0 atom stereocenters. The van der Waals surface area contributed by atoms with E-state index in [9.17, 15) is 8.42 Å². The van der Waals surface area contributed by atoms with Crippen LogP contribution < -0.4 is 10.6 Å². The van der Waals surface area contributed by atoms with Crippen molar-refractivity contribution < 1.29 is 8.42 Å². The Hall–Kier alpha value is -1.19. The highest BCUT2D eigenvalue weighted by atomic mass is 32.2. The fourth-order valence-electron chi connectivity index (χ4n) is 2.53. The molecule has 9 heteroatoms. The van der Waals surface area contributed by atoms with E-state index in [-0.39, 0.29) is 0 Å². The molecule has 0 amide bonds. The van der Waals surface area contributed by atoms with E-state index < -0.39 is 10.0 Å². The van der Waals surface area contributed by atoms with Crippen molar-refractivity contribution in [2.24, 2.45) is 12.8 Å². The van der Waals surface area contributed by atoms with Gasteiger partial charge in [0.2, 0.25) is 10.0 Å². The first-order chi connectivity index (χ1) is 9.21. The first kappa shape index (κ1) is 15.2. The molecule has 1 aromatic rings. The molecule has 0 aliphatic carbocycles. The molecular formula is C11H19N5O2S2. The smallest absolute Gasteiger partial charge is 0.211 e. The first-order valence-electron chi connectivity index (χ1n) is 6.25. The van der Waals surface area contributed by atoms with Crippen LogP contribution in [0.1, 0.15) is 11.3 Å². The molecule has 7 nitrogen and oxygen atoms in total. The van der Waals surface area contributed by atoms with Gasteiger partial charge in [-0.1, -0.05) is 12.2 Å². The highest BCUT2D eigenvalue weighted by molar-refractivity contribution is 7.88. The molecule has 1 aliphatic heterocycles. The van der Waals surface area contributed by atoms with Crippen molar-refractivity contribution in [1.29, 1.82) is 0 Å². The second-order valence-corrected chi connectivity index (χ2v) is 7.34. The van der Waals surface area contributed by atoms with Crippen molar-refractivity contribution >= 4 is 33.0 Å². The zero-order valence-electron chi connectivity index (χ0n) is 11.8. The minimum atomic E-state index is -3.13. The summed E-state index contributed by atoms with van der Waals surface area (Å²) in [5.41, 5.74) is 7.34. The van der Waals surface area contributed by atoms with Gasteiger partial charge in [-0.15, -0.1) is 0 Å². The molecule has 1 saturated heterocycles. The Morgan fingerprint density at radius 1 is 1.30 bits per heavy atom. The quantitative estimate of drug-likeness (QED) is 0.753. The van der Waals surface area contributed by atoms with Gasteiger partial charge in [0, 0.05) is 33.2 Å². The van der Waals surface area contributed by atoms with Gasteiger partial charge in [-0.25, -0.2) is 8.42 Å². The van der Waals surface area contributed by atoms with Crippen molar-refractivity contribution in [2.75, 3.05) is 37.3 Å². The Morgan fingerprint density at radius 2 is 1.85 bits per heavy atom. The third-order valence-electron chi connectivity index (χ3n) is 3.45. The van der Waals surface area contributed by atoms with Gasteiger partial charge in [0.1, 0.15) is 10.8 Å². The lowest BCUT2D eigenvalue weighted by Crippen LogP contribution is -2.49. The Kier molecular flexibility index (Phi) is 4.03. The van der Waals surface area contributed by atoms with E-state index in [4.69, 9.17) is 18.0 Å². The summed E-state index contributed by atoms with van der Waals surface area (Å²) in [4.78, 5) is 2.40. The summed E-state index contributed by atoms with van der Waals surface area (Å²) in [6.07, 6.45) is 1.23. The van der Waals surface area contributed by atoms with E-state index in [1.807, 2.05) is 14.0 Å². The van der Waals surface area contributed by atoms with Crippen LogP contribution in [0.3, 0.4) is 0 Å². The first-order valence-corrected chi connectivity index (χ1v) is 8.51. The maximum absolute atomic E-state index is 11.5. The summed E-state index contributed by atoms with van der Waals surface area (Å²) in [6.45, 7) is 3.98. The summed E-state index contributed by atoms with van der Waals surface area (Å²) < 4.78 is 26.3. The van der Waals surface area contributed by atoms with Crippen LogP contribution in [0, 0.1) is 6.92 Å². The maximum Gasteiger partial charge on any atom is 0.211 e. The molecule has 1 aliphatic rings. The molecule has 0 unspecified atom stereocenters. The van der Waals surface area contributed by atoms with Gasteiger partial charge in [0.05, 0.1) is 17.5 Å². The number of thiocarbonyl (C=S) groups is 1. The van der Waals surface area contributed by atoms with Gasteiger partial charge in [-0.2, -0.15) is 9.40 Å². The van der Waals surface area contributed by atoms with Gasteiger partial charge in [0.15, 0.2) is 0 Å². The molecule has 0 aromatic carbocycles. The number of rotatable bonds is 3. The predicted molar refractivity (Wildman–Crippen MR) is 82.5 cm³/mol. The minimum Gasteiger partial charge on any atom is -0.389 e. The number of anilines is 1. The van der Waals surface area contributed by atoms with Crippen LogP contribution >= 0.6 is 12.2 Å². The molecular weight excluding hydrogens is 298 g/mol. The van der Waals surface area contributed by atoms with Crippen LogP contribution in [0.5, 0.6) is 0 Å². The average molecular weight is 317 g/mol. The Labute approximate surface area is 124 Å². The van der Waals surface area contributed by atoms with Crippen LogP contribution in [-0.2, 0) is 17.1 Å². The molecule has 1 fully saturated rings. The maximum atomic E-state index is 11.5. The third-order valence-corrected chi connectivity index (χ3v) is 4.95. The summed E-state index contributed by atoms with van der Waals surface area (Å²) in [7, 11) is -1.29. The number of aromatic nitrogens is 2. The third kappa shape index (κ3) is 2.79. The lowest BCUT2D eigenvalue weighted by molar-refractivity contribution is 0.385. The standard InChI is InChI=1S/C11H19N5O2S2/c1-8-9(10(12)19)11(14(2)13-8)15-4-6-16(7-5-15)20(3,17)18/h4-7H2,1-3H3,(H2,12,19). The minimum absolute atomic E-state index is 0.316. The van der Waals surface area contributed by atoms with E-state index in [0.717, 1.165) is 17.1 Å². The van der Waals surface area contributed by atoms with Gasteiger partial charge in [0.25, 0.3) is 0 Å². The van der Waals surface area contributed by atoms with Crippen LogP contribution in [-0.4, -0.2) is 59.9 Å². The lowest BCUT2D eigenvalue weighted by Gasteiger charge is -2.34. The van der Waals surface area contributed by atoms with Crippen molar-refractivity contribution in [3.63, 3.8) is 0 Å². The fourth-order valence-corrected chi connectivity index (χ4v) is 3.59. The molecule has 2 heterocycles. The van der Waals surface area contributed by atoms with Crippen LogP contribution in [0.2, 0.25) is 0 Å². The molecule has 0 bridgehead atoms. The normalized spacial score (nSPS) is 17.4. The summed E-state index contributed by atoms with van der Waals surface area (Å²) in [5.74, 6) is 0.864. The molecule has 112 valence electrons. The summed E-state index contributed by atoms with van der Waals surface area (Å²) in [6, 6.07) is 0. The van der Waals surface area contributed by atoms with Crippen LogP contribution in [0.25, 0.3) is 0 Å². The molecule has 0 spiro atoms. The molecule has 2 rings (SSSR count). The second-order valence-electron chi connectivity index (χ2n) is 4.92. The van der Waals surface area contributed by atoms with E-state index in [1.165, 1.54) is 10.6 Å². The van der Waals surface area contributed by atoms with Gasteiger partial charge in [-0.3, -0.25) is 4.68 Å². The van der Waals surface area contributed by atoms with Crippen molar-refractivity contribution in [1.82, 2.24) is 14.1 Å². The van der Waals surface area contributed by atoms with E-state index in [1.54, 1.807) is 4.68 Å². The largest absolute Gasteiger partial charge is 0.389 e. The van der Waals surface area contributed by atoms with Crippen LogP contribution in [0.4, 0.5) is 5.82 Å². The predicted octanol–water partition coefficient (Wildman–Crippen LogP) is -0.556. The Bertz CT molecular complexity index is 629. The van der Waals surface area contributed by atoms with Crippen molar-refractivity contribution in [3.05, 3.63) is 11.3 Å². The number of nitrogens with zero attached hydrogens (tertiary/aromatic N) is 4. The van der Waals surface area contributed by atoms with Gasteiger partial charge in [-0.05, 0) is 6.92 Å². The molecule has 20 heavy (non-hydrogen) atoms. The molecule has 0 radical (unpaired) electrons. The van der Waals surface area contributed by atoms with E-state index in [2.05, 4.69) is 10.00 Å². The fraction of sp³-hybridized carbons (Fsp3) is 0.636. The van der Waals surface area contributed by atoms with E-state index in [0.29, 0.717) is 31.2 Å². The summed E-state index contributed by atoms with van der Waals surface area (Å²) >= 11 is 5.09. The number of aryl methyl sites for hydroxylation is 2. The van der Waals surface area contributed by atoms with E-state index >= 15 is 0 Å².